The Morgan fingerprint density at radius 1 is 1.00 bits per heavy atom. The fourth-order valence-electron chi connectivity index (χ4n) is 5.01. The summed E-state index contributed by atoms with van der Waals surface area (Å²) in [6.45, 7) is 0. The normalized spacial score (nSPS) is 46.8. The van der Waals surface area contributed by atoms with Gasteiger partial charge in [0.05, 0.1) is 24.2 Å². The zero-order valence-corrected chi connectivity index (χ0v) is 12.0. The summed E-state index contributed by atoms with van der Waals surface area (Å²) in [5.41, 5.74) is 0. The van der Waals surface area contributed by atoms with E-state index in [0.29, 0.717) is 12.0 Å². The molecule has 0 radical (unpaired) electrons. The molecule has 7 atom stereocenters. The van der Waals surface area contributed by atoms with Crippen LogP contribution in [0.25, 0.3) is 0 Å². The van der Waals surface area contributed by atoms with Crippen molar-refractivity contribution in [1.82, 2.24) is 10.6 Å². The van der Waals surface area contributed by atoms with Crippen LogP contribution in [-0.4, -0.2) is 41.4 Å². The van der Waals surface area contributed by atoms with E-state index < -0.39 is 11.9 Å². The Morgan fingerprint density at radius 2 is 1.81 bits per heavy atom. The molecule has 116 valence electrons. The van der Waals surface area contributed by atoms with E-state index in [9.17, 15) is 14.7 Å². The third-order valence-electron chi connectivity index (χ3n) is 5.92. The second-order valence-electron chi connectivity index (χ2n) is 7.06. The number of hydrogen-bond acceptors (Lipinski definition) is 3. The number of ether oxygens (including phenoxy) is 1. The number of fused-ring (bicyclic) bond motifs is 4. The Morgan fingerprint density at radius 3 is 2.48 bits per heavy atom. The standard InChI is InChI=1S/C15H22N2O4/c18-14(19)12-7-1-2-8(5-7)13(12)17-15(20)16-10-6-9-3-4-11(10)21-9/h7-13H,1-6H2,(H,18,19)(H2,16,17,20). The predicted molar refractivity (Wildman–Crippen MR) is 73.7 cm³/mol. The Bertz CT molecular complexity index is 469. The summed E-state index contributed by atoms with van der Waals surface area (Å²) in [4.78, 5) is 23.6. The van der Waals surface area contributed by atoms with Gasteiger partial charge in [-0.05, 0) is 50.4 Å². The second-order valence-corrected chi connectivity index (χ2v) is 7.06. The van der Waals surface area contributed by atoms with Gasteiger partial charge < -0.3 is 20.5 Å². The molecule has 0 aromatic rings. The number of amides is 2. The first-order chi connectivity index (χ1) is 10.1. The van der Waals surface area contributed by atoms with Crippen LogP contribution in [0.2, 0.25) is 0 Å². The molecule has 6 heteroatoms. The lowest BCUT2D eigenvalue weighted by atomic mass is 9.84. The average Bonchev–Trinajstić information content (AvgIpc) is 3.17. The summed E-state index contributed by atoms with van der Waals surface area (Å²) >= 11 is 0. The van der Waals surface area contributed by atoms with Crippen LogP contribution in [-0.2, 0) is 9.53 Å². The fourth-order valence-corrected chi connectivity index (χ4v) is 5.01. The van der Waals surface area contributed by atoms with E-state index in [2.05, 4.69) is 10.6 Å². The van der Waals surface area contributed by atoms with Crippen LogP contribution in [0.15, 0.2) is 0 Å². The molecule has 0 aromatic carbocycles. The molecule has 4 fully saturated rings. The topological polar surface area (TPSA) is 87.7 Å². The van der Waals surface area contributed by atoms with Crippen molar-refractivity contribution >= 4 is 12.0 Å². The van der Waals surface area contributed by atoms with Crippen LogP contribution < -0.4 is 10.6 Å². The summed E-state index contributed by atoms with van der Waals surface area (Å²) in [6.07, 6.45) is 6.42. The number of carboxylic acid groups (broad SMARTS) is 1. The largest absolute Gasteiger partial charge is 0.481 e. The molecule has 3 N–H and O–H groups in total. The minimum absolute atomic E-state index is 0.0885. The monoisotopic (exact) mass is 294 g/mol. The van der Waals surface area contributed by atoms with Gasteiger partial charge >= 0.3 is 12.0 Å². The van der Waals surface area contributed by atoms with E-state index >= 15 is 0 Å². The van der Waals surface area contributed by atoms with E-state index in [4.69, 9.17) is 4.74 Å². The van der Waals surface area contributed by atoms with Crippen molar-refractivity contribution in [1.29, 1.82) is 0 Å². The summed E-state index contributed by atoms with van der Waals surface area (Å²) in [5.74, 6) is -0.608. The van der Waals surface area contributed by atoms with Crippen LogP contribution in [0, 0.1) is 17.8 Å². The van der Waals surface area contributed by atoms with Crippen molar-refractivity contribution in [3.8, 4) is 0 Å². The predicted octanol–water partition coefficient (Wildman–Crippen LogP) is 1.10. The first-order valence-electron chi connectivity index (χ1n) is 8.07. The van der Waals surface area contributed by atoms with Crippen molar-refractivity contribution in [3.05, 3.63) is 0 Å². The van der Waals surface area contributed by atoms with E-state index in [0.717, 1.165) is 38.5 Å². The molecule has 0 aromatic heterocycles. The highest BCUT2D eigenvalue weighted by Gasteiger charge is 2.52. The van der Waals surface area contributed by atoms with E-state index in [1.807, 2.05) is 0 Å². The first kappa shape index (κ1) is 13.4. The molecular formula is C15H22N2O4. The average molecular weight is 294 g/mol. The molecule has 2 saturated heterocycles. The highest BCUT2D eigenvalue weighted by atomic mass is 16.5. The summed E-state index contributed by atoms with van der Waals surface area (Å²) in [7, 11) is 0. The Kier molecular flexibility index (Phi) is 3.10. The van der Waals surface area contributed by atoms with E-state index in [1.165, 1.54) is 0 Å². The Labute approximate surface area is 123 Å². The lowest BCUT2D eigenvalue weighted by molar-refractivity contribution is -0.144. The van der Waals surface area contributed by atoms with Gasteiger partial charge in [-0.25, -0.2) is 4.79 Å². The molecule has 4 bridgehead atoms. The number of rotatable bonds is 3. The van der Waals surface area contributed by atoms with E-state index in [1.54, 1.807) is 0 Å². The van der Waals surface area contributed by atoms with Gasteiger partial charge in [0, 0.05) is 6.04 Å². The molecular weight excluding hydrogens is 272 g/mol. The van der Waals surface area contributed by atoms with Crippen molar-refractivity contribution in [3.63, 3.8) is 0 Å². The van der Waals surface area contributed by atoms with Gasteiger partial charge in [0.15, 0.2) is 0 Å². The maximum Gasteiger partial charge on any atom is 0.315 e. The Hall–Kier alpha value is -1.30. The minimum atomic E-state index is -0.768. The fraction of sp³-hybridized carbons (Fsp3) is 0.867. The van der Waals surface area contributed by atoms with Crippen LogP contribution in [0.1, 0.15) is 38.5 Å². The number of nitrogens with one attached hydrogen (secondary N) is 2. The van der Waals surface area contributed by atoms with Crippen LogP contribution in [0.5, 0.6) is 0 Å². The van der Waals surface area contributed by atoms with Crippen molar-refractivity contribution in [2.45, 2.75) is 62.8 Å². The number of carbonyl (C=O) groups excluding carboxylic acids is 1. The summed E-state index contributed by atoms with van der Waals surface area (Å²) < 4.78 is 5.73. The molecule has 0 spiro atoms. The maximum absolute atomic E-state index is 12.2. The van der Waals surface area contributed by atoms with Gasteiger partial charge in [0.25, 0.3) is 0 Å². The van der Waals surface area contributed by atoms with E-state index in [-0.39, 0.29) is 30.1 Å². The number of carbonyl (C=O) groups is 2. The van der Waals surface area contributed by atoms with Gasteiger partial charge in [0.1, 0.15) is 0 Å². The number of aliphatic carboxylic acids is 1. The molecule has 2 aliphatic heterocycles. The Balaban J connectivity index is 1.37. The second kappa shape index (κ2) is 4.87. The maximum atomic E-state index is 12.2. The van der Waals surface area contributed by atoms with Crippen molar-refractivity contribution in [2.24, 2.45) is 17.8 Å². The molecule has 21 heavy (non-hydrogen) atoms. The quantitative estimate of drug-likeness (QED) is 0.727. The zero-order chi connectivity index (χ0) is 14.6. The van der Waals surface area contributed by atoms with Gasteiger partial charge in [-0.1, -0.05) is 0 Å². The lowest BCUT2D eigenvalue weighted by Crippen LogP contribution is -2.53. The van der Waals surface area contributed by atoms with Crippen molar-refractivity contribution < 1.29 is 19.4 Å². The van der Waals surface area contributed by atoms with Crippen LogP contribution in [0.4, 0.5) is 4.79 Å². The van der Waals surface area contributed by atoms with Crippen LogP contribution >= 0.6 is 0 Å². The van der Waals surface area contributed by atoms with Gasteiger partial charge in [-0.2, -0.15) is 0 Å². The molecule has 2 amide bonds. The van der Waals surface area contributed by atoms with Gasteiger partial charge in [-0.15, -0.1) is 0 Å². The molecule has 2 saturated carbocycles. The molecule has 6 nitrogen and oxygen atoms in total. The third kappa shape index (κ3) is 2.20. The number of hydrogen-bond donors (Lipinski definition) is 3. The van der Waals surface area contributed by atoms with Gasteiger partial charge in [-0.3, -0.25) is 4.79 Å². The number of urea groups is 1. The first-order valence-corrected chi connectivity index (χ1v) is 8.07. The minimum Gasteiger partial charge on any atom is -0.481 e. The molecule has 2 aliphatic carbocycles. The zero-order valence-electron chi connectivity index (χ0n) is 12.0. The highest BCUT2D eigenvalue weighted by Crippen LogP contribution is 2.48. The molecule has 4 rings (SSSR count). The smallest absolute Gasteiger partial charge is 0.315 e. The molecule has 4 aliphatic rings. The SMILES string of the molecule is O=C(NC1CC2CCC1O2)NC1C2CCC(C2)C1C(=O)O. The lowest BCUT2D eigenvalue weighted by Gasteiger charge is -2.30. The van der Waals surface area contributed by atoms with Crippen molar-refractivity contribution in [2.75, 3.05) is 0 Å². The molecule has 7 unspecified atom stereocenters. The highest BCUT2D eigenvalue weighted by molar-refractivity contribution is 5.78. The van der Waals surface area contributed by atoms with Gasteiger partial charge in [0.2, 0.25) is 0 Å². The summed E-state index contributed by atoms with van der Waals surface area (Å²) in [5, 5.41) is 15.3. The number of carboxylic acids is 1. The molecule has 2 heterocycles. The third-order valence-corrected chi connectivity index (χ3v) is 5.92. The summed E-state index contributed by atoms with van der Waals surface area (Å²) in [6, 6.07) is -0.341. The van der Waals surface area contributed by atoms with Crippen LogP contribution in [0.3, 0.4) is 0 Å².